The monoisotopic (exact) mass is 302 g/mol. The van der Waals surface area contributed by atoms with Gasteiger partial charge in [0.25, 0.3) is 0 Å². The van der Waals surface area contributed by atoms with Gasteiger partial charge in [-0.05, 0) is 37.3 Å². The molecule has 0 aliphatic rings. The Morgan fingerprint density at radius 1 is 1.14 bits per heavy atom. The van der Waals surface area contributed by atoms with Crippen molar-refractivity contribution in [2.75, 3.05) is 11.6 Å². The number of H-pyrrole nitrogens is 1. The van der Waals surface area contributed by atoms with Gasteiger partial charge in [-0.2, -0.15) is 5.10 Å². The van der Waals surface area contributed by atoms with Crippen LogP contribution in [0.2, 0.25) is 0 Å². The molecule has 0 atom stereocenters. The molecule has 2 N–H and O–H groups in total. The molecule has 0 unspecified atom stereocenters. The lowest BCUT2D eigenvalue weighted by Gasteiger charge is -2.07. The Morgan fingerprint density at radius 2 is 1.86 bits per heavy atom. The van der Waals surface area contributed by atoms with Crippen molar-refractivity contribution in [3.05, 3.63) is 42.2 Å². The third-order valence-electron chi connectivity index (χ3n) is 3.19. The summed E-state index contributed by atoms with van der Waals surface area (Å²) in [6, 6.07) is 8.40. The molecule has 0 aliphatic heterocycles. The van der Waals surface area contributed by atoms with E-state index < -0.39 is 9.84 Å². The van der Waals surface area contributed by atoms with Gasteiger partial charge < -0.3 is 5.32 Å². The molecular formula is C14H14N4O2S. The predicted molar refractivity (Wildman–Crippen MR) is 81.5 cm³/mol. The van der Waals surface area contributed by atoms with Crippen LogP contribution in [0.3, 0.4) is 0 Å². The number of nitrogens with one attached hydrogen (secondary N) is 2. The first-order valence-corrected chi connectivity index (χ1v) is 8.21. The van der Waals surface area contributed by atoms with Gasteiger partial charge in [0.1, 0.15) is 5.82 Å². The molecule has 21 heavy (non-hydrogen) atoms. The molecule has 0 saturated heterocycles. The molecule has 0 amide bonds. The summed E-state index contributed by atoms with van der Waals surface area (Å²) in [6.07, 6.45) is 2.86. The number of aromatic nitrogens is 3. The van der Waals surface area contributed by atoms with E-state index in [1.54, 1.807) is 30.5 Å². The van der Waals surface area contributed by atoms with Crippen LogP contribution in [-0.4, -0.2) is 29.9 Å². The summed E-state index contributed by atoms with van der Waals surface area (Å²) in [6.45, 7) is 1.93. The van der Waals surface area contributed by atoms with Crippen LogP contribution in [0, 0.1) is 6.92 Å². The minimum absolute atomic E-state index is 0.290. The van der Waals surface area contributed by atoms with E-state index in [1.807, 2.05) is 13.0 Å². The molecular weight excluding hydrogens is 288 g/mol. The van der Waals surface area contributed by atoms with Crippen molar-refractivity contribution in [3.8, 4) is 0 Å². The highest BCUT2D eigenvalue weighted by Gasteiger charge is 2.10. The number of aromatic amines is 1. The predicted octanol–water partition coefficient (Wildman–Crippen LogP) is 2.41. The molecule has 2 heterocycles. The minimum Gasteiger partial charge on any atom is -0.340 e. The third kappa shape index (κ3) is 2.59. The van der Waals surface area contributed by atoms with E-state index in [0.717, 1.165) is 22.3 Å². The number of fused-ring (bicyclic) bond motifs is 1. The maximum atomic E-state index is 11.4. The van der Waals surface area contributed by atoms with Crippen LogP contribution in [0.1, 0.15) is 5.69 Å². The second kappa shape index (κ2) is 4.85. The molecule has 2 aromatic heterocycles. The van der Waals surface area contributed by atoms with E-state index in [2.05, 4.69) is 20.5 Å². The zero-order valence-corrected chi connectivity index (χ0v) is 12.4. The lowest BCUT2D eigenvalue weighted by molar-refractivity contribution is 0.602. The number of sulfone groups is 1. The molecule has 0 radical (unpaired) electrons. The number of nitrogens with zero attached hydrogens (tertiary/aromatic N) is 2. The second-order valence-corrected chi connectivity index (χ2v) is 6.84. The lowest BCUT2D eigenvalue weighted by atomic mass is 10.2. The van der Waals surface area contributed by atoms with Crippen LogP contribution in [0.5, 0.6) is 0 Å². The van der Waals surface area contributed by atoms with Gasteiger partial charge in [-0.1, -0.05) is 0 Å². The fourth-order valence-electron chi connectivity index (χ4n) is 2.13. The number of aryl methyl sites for hydroxylation is 1. The van der Waals surface area contributed by atoms with E-state index in [4.69, 9.17) is 0 Å². The van der Waals surface area contributed by atoms with Crippen molar-refractivity contribution in [3.63, 3.8) is 0 Å². The first-order valence-electron chi connectivity index (χ1n) is 6.32. The summed E-state index contributed by atoms with van der Waals surface area (Å²) >= 11 is 0. The minimum atomic E-state index is -3.18. The highest BCUT2D eigenvalue weighted by molar-refractivity contribution is 7.90. The Balaban J connectivity index is 1.97. The maximum Gasteiger partial charge on any atom is 0.175 e. The van der Waals surface area contributed by atoms with Gasteiger partial charge in [-0.15, -0.1) is 0 Å². The Labute approximate surface area is 122 Å². The summed E-state index contributed by atoms with van der Waals surface area (Å²) in [5, 5.41) is 11.2. The Hall–Kier alpha value is -2.41. The van der Waals surface area contributed by atoms with Gasteiger partial charge in [0, 0.05) is 23.8 Å². The van der Waals surface area contributed by atoms with E-state index in [1.165, 1.54) is 6.26 Å². The van der Waals surface area contributed by atoms with Gasteiger partial charge in [0.2, 0.25) is 0 Å². The van der Waals surface area contributed by atoms with E-state index in [9.17, 15) is 8.42 Å². The van der Waals surface area contributed by atoms with Gasteiger partial charge in [0.05, 0.1) is 15.8 Å². The van der Waals surface area contributed by atoms with Gasteiger partial charge in [-0.25, -0.2) is 13.4 Å². The fraction of sp³-hybridized carbons (Fsp3) is 0.143. The van der Waals surface area contributed by atoms with Crippen molar-refractivity contribution in [1.29, 1.82) is 0 Å². The molecule has 0 aliphatic carbocycles. The van der Waals surface area contributed by atoms with Crippen LogP contribution in [0.25, 0.3) is 10.9 Å². The molecule has 0 fully saturated rings. The summed E-state index contributed by atoms with van der Waals surface area (Å²) in [7, 11) is -3.18. The lowest BCUT2D eigenvalue weighted by Crippen LogP contribution is -1.98. The van der Waals surface area contributed by atoms with Crippen LogP contribution < -0.4 is 5.32 Å². The molecule has 0 saturated carbocycles. The van der Waals surface area contributed by atoms with Crippen molar-refractivity contribution in [1.82, 2.24) is 15.2 Å². The fourth-order valence-corrected chi connectivity index (χ4v) is 2.76. The quantitative estimate of drug-likeness (QED) is 0.775. The largest absolute Gasteiger partial charge is 0.340 e. The number of hydrogen-bond donors (Lipinski definition) is 2. The Morgan fingerprint density at radius 3 is 2.52 bits per heavy atom. The first kappa shape index (κ1) is 13.6. The molecule has 0 bridgehead atoms. The first-order chi connectivity index (χ1) is 9.95. The zero-order valence-electron chi connectivity index (χ0n) is 11.6. The maximum absolute atomic E-state index is 11.4. The number of rotatable bonds is 3. The topological polar surface area (TPSA) is 87.7 Å². The van der Waals surface area contributed by atoms with E-state index in [0.29, 0.717) is 10.7 Å². The number of pyridine rings is 1. The molecule has 3 aromatic rings. The summed E-state index contributed by atoms with van der Waals surface area (Å²) in [4.78, 5) is 4.61. The number of anilines is 2. The average molecular weight is 302 g/mol. The molecule has 3 rings (SSSR count). The van der Waals surface area contributed by atoms with E-state index >= 15 is 0 Å². The molecule has 7 heteroatoms. The number of benzene rings is 1. The van der Waals surface area contributed by atoms with Crippen molar-refractivity contribution >= 4 is 32.2 Å². The third-order valence-corrected chi connectivity index (χ3v) is 4.32. The normalized spacial score (nSPS) is 11.7. The van der Waals surface area contributed by atoms with Crippen molar-refractivity contribution in [2.24, 2.45) is 0 Å². The van der Waals surface area contributed by atoms with Gasteiger partial charge in [0.15, 0.2) is 9.84 Å². The van der Waals surface area contributed by atoms with E-state index in [-0.39, 0.29) is 0 Å². The average Bonchev–Trinajstić information content (AvgIpc) is 2.81. The summed E-state index contributed by atoms with van der Waals surface area (Å²) in [5.74, 6) is 0.686. The molecule has 6 nitrogen and oxygen atoms in total. The van der Waals surface area contributed by atoms with Crippen molar-refractivity contribution < 1.29 is 8.42 Å². The molecule has 1 aromatic carbocycles. The molecule has 108 valence electrons. The van der Waals surface area contributed by atoms with Gasteiger partial charge in [-0.3, -0.25) is 5.10 Å². The molecule has 0 spiro atoms. The van der Waals surface area contributed by atoms with Gasteiger partial charge >= 0.3 is 0 Å². The van der Waals surface area contributed by atoms with Crippen LogP contribution in [-0.2, 0) is 9.84 Å². The highest BCUT2D eigenvalue weighted by Crippen LogP contribution is 2.25. The standard InChI is InChI=1S/C14H14N4O2S/c1-9-13-12(18-17-9)7-8-15-14(13)16-10-3-5-11(6-4-10)21(2,19)20/h3-8H,1-2H3,(H,15,16)(H,17,18). The Kier molecular flexibility index (Phi) is 3.13. The van der Waals surface area contributed by atoms with Crippen LogP contribution in [0.15, 0.2) is 41.4 Å². The summed E-state index contributed by atoms with van der Waals surface area (Å²) < 4.78 is 22.9. The van der Waals surface area contributed by atoms with Crippen LogP contribution in [0.4, 0.5) is 11.5 Å². The smallest absolute Gasteiger partial charge is 0.175 e. The zero-order chi connectivity index (χ0) is 15.0. The SMILES string of the molecule is Cc1[nH]nc2ccnc(Nc3ccc(S(C)(=O)=O)cc3)c12. The highest BCUT2D eigenvalue weighted by atomic mass is 32.2. The van der Waals surface area contributed by atoms with Crippen LogP contribution >= 0.6 is 0 Å². The second-order valence-electron chi connectivity index (χ2n) is 4.82. The van der Waals surface area contributed by atoms with Crippen molar-refractivity contribution in [2.45, 2.75) is 11.8 Å². The Bertz CT molecular complexity index is 898. The summed E-state index contributed by atoms with van der Waals surface area (Å²) in [5.41, 5.74) is 2.52. The number of hydrogen-bond acceptors (Lipinski definition) is 5.